The number of aliphatic hydroxyl groups excluding tert-OH is 2. The van der Waals surface area contributed by atoms with E-state index in [0.717, 1.165) is 0 Å². The van der Waals surface area contributed by atoms with Gasteiger partial charge >= 0.3 is 0 Å². The normalized spacial score (nSPS) is 38.4. The summed E-state index contributed by atoms with van der Waals surface area (Å²) in [5.41, 5.74) is 1.11. The van der Waals surface area contributed by atoms with Crippen LogP contribution in [0.1, 0.15) is 11.1 Å². The van der Waals surface area contributed by atoms with Crippen LogP contribution in [0.3, 0.4) is 0 Å². The monoisotopic (exact) mass is 426 g/mol. The number of hydrogen-bond donors (Lipinski definition) is 2. The van der Waals surface area contributed by atoms with E-state index < -0.39 is 41.5 Å². The Morgan fingerprint density at radius 2 is 1.43 bits per heavy atom. The van der Waals surface area contributed by atoms with Gasteiger partial charge in [0, 0.05) is 11.1 Å². The van der Waals surface area contributed by atoms with Gasteiger partial charge in [-0.05, 0) is 0 Å². The molecule has 2 saturated heterocycles. The minimum atomic E-state index is -1.70. The maximum atomic E-state index is 10.8. The number of aliphatic hydroxyl groups is 2. The summed E-state index contributed by atoms with van der Waals surface area (Å²) in [6, 6.07) is 17.8. The van der Waals surface area contributed by atoms with Gasteiger partial charge < -0.3 is 29.2 Å². The molecule has 0 spiro atoms. The Morgan fingerprint density at radius 1 is 0.857 bits per heavy atom. The van der Waals surface area contributed by atoms with Gasteiger partial charge in [-0.3, -0.25) is 0 Å². The highest BCUT2D eigenvalue weighted by molar-refractivity contribution is 6.22. The molecule has 2 aliphatic heterocycles. The summed E-state index contributed by atoms with van der Waals surface area (Å²) in [4.78, 5) is 0. The minimum Gasteiger partial charge on any atom is -0.394 e. The van der Waals surface area contributed by atoms with Crippen LogP contribution in [0.5, 0.6) is 0 Å². The summed E-state index contributed by atoms with van der Waals surface area (Å²) in [6.45, 7) is -0.543. The molecule has 2 fully saturated rings. The zero-order chi connectivity index (χ0) is 19.8. The van der Waals surface area contributed by atoms with E-state index in [-0.39, 0.29) is 6.61 Å². The summed E-state index contributed by atoms with van der Waals surface area (Å²) >= 11 is 13.2. The van der Waals surface area contributed by atoms with Crippen LogP contribution in [0.15, 0.2) is 60.7 Å². The zero-order valence-electron chi connectivity index (χ0n) is 14.8. The molecule has 0 bridgehead atoms. The topological polar surface area (TPSA) is 77.4 Å². The predicted molar refractivity (Wildman–Crippen MR) is 102 cm³/mol. The lowest BCUT2D eigenvalue weighted by molar-refractivity contribution is -0.267. The van der Waals surface area contributed by atoms with Gasteiger partial charge in [-0.2, -0.15) is 0 Å². The van der Waals surface area contributed by atoms with E-state index in [1.807, 2.05) is 12.1 Å². The number of fused-ring (bicyclic) bond motifs is 1. The first kappa shape index (κ1) is 20.1. The second-order valence-electron chi connectivity index (χ2n) is 6.68. The van der Waals surface area contributed by atoms with E-state index in [4.69, 9.17) is 42.1 Å². The molecular formula is C20H20Cl2O6. The van der Waals surface area contributed by atoms with Crippen molar-refractivity contribution in [3.63, 3.8) is 0 Å². The Bertz CT molecular complexity index is 794. The Morgan fingerprint density at radius 3 is 2.00 bits per heavy atom. The summed E-state index contributed by atoms with van der Waals surface area (Å²) in [7, 11) is 0. The molecule has 6 nitrogen and oxygen atoms in total. The first-order valence-corrected chi connectivity index (χ1v) is 9.66. The third-order valence-corrected chi connectivity index (χ3v) is 5.64. The van der Waals surface area contributed by atoms with Crippen molar-refractivity contribution in [2.75, 3.05) is 13.2 Å². The number of hydrogen-bond acceptors (Lipinski definition) is 6. The molecule has 0 aliphatic carbocycles. The van der Waals surface area contributed by atoms with Crippen molar-refractivity contribution in [1.29, 1.82) is 0 Å². The van der Waals surface area contributed by atoms with Gasteiger partial charge in [-0.1, -0.05) is 83.9 Å². The van der Waals surface area contributed by atoms with E-state index in [2.05, 4.69) is 0 Å². The highest BCUT2D eigenvalue weighted by Gasteiger charge is 2.55. The Labute approximate surface area is 172 Å². The van der Waals surface area contributed by atoms with Crippen LogP contribution in [0.4, 0.5) is 0 Å². The number of ether oxygens (including phenoxy) is 4. The smallest absolute Gasteiger partial charge is 0.277 e. The molecular weight excluding hydrogens is 407 g/mol. The van der Waals surface area contributed by atoms with Gasteiger partial charge in [0.25, 0.3) is 10.5 Å². The Hall–Kier alpha value is -1.22. The molecule has 0 radical (unpaired) electrons. The molecule has 6 atom stereocenters. The van der Waals surface area contributed by atoms with Crippen molar-refractivity contribution >= 4 is 23.2 Å². The van der Waals surface area contributed by atoms with Gasteiger partial charge in [-0.25, -0.2) is 0 Å². The Balaban J connectivity index is 1.64. The molecule has 0 amide bonds. The molecule has 150 valence electrons. The van der Waals surface area contributed by atoms with Crippen LogP contribution in [0.25, 0.3) is 0 Å². The maximum absolute atomic E-state index is 10.8. The standard InChI is InChI=1S/C20H20Cl2O6/c21-19(13-7-3-1-4-8-13)25-12-16-18(17(24)15(11-23)26-19)28-20(22,27-16)14-9-5-2-6-10-14/h1-10,15-18,23-24H,11-12H2/t15-,16+,17+,18+,19?,20?/m0/s1. The second kappa shape index (κ2) is 7.89. The molecule has 2 N–H and O–H groups in total. The van der Waals surface area contributed by atoms with Gasteiger partial charge in [0.15, 0.2) is 0 Å². The fraction of sp³-hybridized carbons (Fsp3) is 0.400. The summed E-state index contributed by atoms with van der Waals surface area (Å²) in [6.07, 6.45) is -3.94. The highest BCUT2D eigenvalue weighted by atomic mass is 35.5. The van der Waals surface area contributed by atoms with Crippen molar-refractivity contribution in [2.45, 2.75) is 34.9 Å². The molecule has 2 heterocycles. The van der Waals surface area contributed by atoms with Crippen LogP contribution in [0.2, 0.25) is 0 Å². The molecule has 2 aliphatic rings. The van der Waals surface area contributed by atoms with E-state index in [0.29, 0.717) is 11.1 Å². The van der Waals surface area contributed by atoms with Crippen LogP contribution in [0, 0.1) is 0 Å². The van der Waals surface area contributed by atoms with Crippen molar-refractivity contribution in [1.82, 2.24) is 0 Å². The molecule has 2 unspecified atom stereocenters. The van der Waals surface area contributed by atoms with Gasteiger partial charge in [0.1, 0.15) is 24.4 Å². The molecule has 28 heavy (non-hydrogen) atoms. The maximum Gasteiger partial charge on any atom is 0.277 e. The van der Waals surface area contributed by atoms with E-state index >= 15 is 0 Å². The lowest BCUT2D eigenvalue weighted by atomic mass is 10.0. The number of rotatable bonds is 3. The molecule has 4 rings (SSSR count). The van der Waals surface area contributed by atoms with E-state index in [9.17, 15) is 10.2 Å². The number of halogens is 2. The average Bonchev–Trinajstić information content (AvgIpc) is 3.08. The van der Waals surface area contributed by atoms with Gasteiger partial charge in [0.2, 0.25) is 0 Å². The predicted octanol–water partition coefficient (Wildman–Crippen LogP) is 2.64. The molecule has 0 saturated carbocycles. The van der Waals surface area contributed by atoms with Crippen LogP contribution < -0.4 is 0 Å². The molecule has 2 aromatic carbocycles. The summed E-state index contributed by atoms with van der Waals surface area (Å²) in [5, 5.41) is 17.3. The summed E-state index contributed by atoms with van der Waals surface area (Å²) in [5.74, 6) is 0. The lowest BCUT2D eigenvalue weighted by Crippen LogP contribution is -2.53. The molecule has 0 aromatic heterocycles. The third-order valence-electron chi connectivity index (χ3n) is 4.83. The minimum absolute atomic E-state index is 0.0421. The third kappa shape index (κ3) is 3.67. The van der Waals surface area contributed by atoms with Crippen molar-refractivity contribution in [3.05, 3.63) is 71.8 Å². The van der Waals surface area contributed by atoms with Gasteiger partial charge in [-0.15, -0.1) is 0 Å². The SMILES string of the molecule is OC[C@@H]1OC(Cl)(c2ccccc2)OC[C@H]2OC(Cl)(c3ccccc3)O[C@H]2[C@@H]1O. The van der Waals surface area contributed by atoms with Gasteiger partial charge in [0.05, 0.1) is 13.2 Å². The number of alkyl halides is 2. The fourth-order valence-corrected chi connectivity index (χ4v) is 4.01. The first-order chi connectivity index (χ1) is 13.5. The molecule has 8 heteroatoms. The van der Waals surface area contributed by atoms with Crippen molar-refractivity contribution < 1.29 is 29.2 Å². The fourth-order valence-electron chi connectivity index (χ4n) is 3.37. The van der Waals surface area contributed by atoms with Crippen LogP contribution in [-0.2, 0) is 29.4 Å². The summed E-state index contributed by atoms with van der Waals surface area (Å²) < 4.78 is 23.4. The first-order valence-electron chi connectivity index (χ1n) is 8.90. The van der Waals surface area contributed by atoms with Crippen LogP contribution in [-0.4, -0.2) is 47.8 Å². The zero-order valence-corrected chi connectivity index (χ0v) is 16.3. The second-order valence-corrected chi connectivity index (χ2v) is 7.68. The average molecular weight is 427 g/mol. The quantitative estimate of drug-likeness (QED) is 0.734. The van der Waals surface area contributed by atoms with E-state index in [1.54, 1.807) is 48.5 Å². The van der Waals surface area contributed by atoms with Crippen molar-refractivity contribution in [2.24, 2.45) is 0 Å². The Kier molecular flexibility index (Phi) is 5.66. The molecule has 2 aromatic rings. The van der Waals surface area contributed by atoms with E-state index in [1.165, 1.54) is 0 Å². The lowest BCUT2D eigenvalue weighted by Gasteiger charge is -2.38. The van der Waals surface area contributed by atoms with Crippen LogP contribution >= 0.6 is 23.2 Å². The highest BCUT2D eigenvalue weighted by Crippen LogP contribution is 2.45. The number of benzene rings is 2. The largest absolute Gasteiger partial charge is 0.394 e. The van der Waals surface area contributed by atoms with Crippen molar-refractivity contribution in [3.8, 4) is 0 Å².